The number of thiophene rings is 1. The molecule has 1 saturated carbocycles. The molecule has 4 nitrogen and oxygen atoms in total. The quantitative estimate of drug-likeness (QED) is 0.886. The lowest BCUT2D eigenvalue weighted by atomic mass is 9.64. The van der Waals surface area contributed by atoms with Crippen LogP contribution in [0, 0.1) is 19.3 Å². The van der Waals surface area contributed by atoms with Gasteiger partial charge in [-0.25, -0.2) is 9.97 Å². The molecule has 19 heavy (non-hydrogen) atoms. The van der Waals surface area contributed by atoms with Crippen molar-refractivity contribution in [2.24, 2.45) is 5.41 Å². The van der Waals surface area contributed by atoms with Crippen molar-refractivity contribution in [1.82, 2.24) is 9.97 Å². The number of aliphatic hydroxyl groups excluding tert-OH is 1. The van der Waals surface area contributed by atoms with Crippen molar-refractivity contribution in [3.05, 3.63) is 16.8 Å². The molecule has 1 fully saturated rings. The number of fused-ring (bicyclic) bond motifs is 1. The zero-order chi connectivity index (χ0) is 13.8. The molecule has 2 unspecified atom stereocenters. The molecule has 0 aromatic carbocycles. The third kappa shape index (κ3) is 1.83. The Morgan fingerprint density at radius 3 is 2.74 bits per heavy atom. The van der Waals surface area contributed by atoms with E-state index in [-0.39, 0.29) is 17.6 Å². The van der Waals surface area contributed by atoms with Gasteiger partial charge < -0.3 is 10.4 Å². The highest BCUT2D eigenvalue weighted by atomic mass is 32.1. The molecule has 102 valence electrons. The summed E-state index contributed by atoms with van der Waals surface area (Å²) in [7, 11) is 0. The number of rotatable bonds is 2. The van der Waals surface area contributed by atoms with Crippen LogP contribution in [-0.4, -0.2) is 27.2 Å². The first-order valence-corrected chi connectivity index (χ1v) is 7.38. The van der Waals surface area contributed by atoms with Gasteiger partial charge in [0.05, 0.1) is 11.5 Å². The summed E-state index contributed by atoms with van der Waals surface area (Å²) < 4.78 is 0. The molecule has 0 radical (unpaired) electrons. The highest BCUT2D eigenvalue weighted by Gasteiger charge is 2.47. The number of anilines is 1. The van der Waals surface area contributed by atoms with Gasteiger partial charge in [-0.2, -0.15) is 0 Å². The molecule has 1 aliphatic rings. The number of hydrogen-bond acceptors (Lipinski definition) is 5. The van der Waals surface area contributed by atoms with E-state index in [4.69, 9.17) is 0 Å². The minimum Gasteiger partial charge on any atom is -0.392 e. The number of nitrogens with zero attached hydrogens (tertiary/aromatic N) is 2. The molecule has 0 bridgehead atoms. The average molecular weight is 277 g/mol. The van der Waals surface area contributed by atoms with Crippen molar-refractivity contribution in [1.29, 1.82) is 0 Å². The minimum atomic E-state index is -0.229. The Hall–Kier alpha value is -1.20. The second kappa shape index (κ2) is 4.15. The zero-order valence-corrected chi connectivity index (χ0v) is 12.5. The molecule has 1 aliphatic carbocycles. The highest BCUT2D eigenvalue weighted by molar-refractivity contribution is 7.18. The second-order valence-corrected chi connectivity index (χ2v) is 7.16. The van der Waals surface area contributed by atoms with Crippen molar-refractivity contribution < 1.29 is 5.11 Å². The van der Waals surface area contributed by atoms with Gasteiger partial charge in [-0.3, -0.25) is 0 Å². The van der Waals surface area contributed by atoms with E-state index in [2.05, 4.69) is 43.0 Å². The maximum absolute atomic E-state index is 9.83. The molecule has 2 aromatic rings. The summed E-state index contributed by atoms with van der Waals surface area (Å²) >= 11 is 1.71. The fourth-order valence-electron chi connectivity index (χ4n) is 2.60. The summed E-state index contributed by atoms with van der Waals surface area (Å²) in [6.07, 6.45) is 2.16. The van der Waals surface area contributed by atoms with Gasteiger partial charge in [0.25, 0.3) is 0 Å². The van der Waals surface area contributed by atoms with Crippen LogP contribution in [0.3, 0.4) is 0 Å². The lowest BCUT2D eigenvalue weighted by Gasteiger charge is -2.49. The van der Waals surface area contributed by atoms with Crippen LogP contribution < -0.4 is 5.32 Å². The van der Waals surface area contributed by atoms with Gasteiger partial charge in [0, 0.05) is 16.3 Å². The summed E-state index contributed by atoms with van der Waals surface area (Å²) in [6.45, 7) is 8.40. The Kier molecular flexibility index (Phi) is 2.80. The van der Waals surface area contributed by atoms with Gasteiger partial charge in [0.1, 0.15) is 17.0 Å². The van der Waals surface area contributed by atoms with Crippen LogP contribution in [0.4, 0.5) is 5.82 Å². The zero-order valence-electron chi connectivity index (χ0n) is 11.7. The van der Waals surface area contributed by atoms with E-state index < -0.39 is 0 Å². The predicted octanol–water partition coefficient (Wildman–Crippen LogP) is 2.88. The van der Waals surface area contributed by atoms with Crippen LogP contribution in [0.15, 0.2) is 6.33 Å². The van der Waals surface area contributed by atoms with Crippen molar-refractivity contribution in [2.75, 3.05) is 5.32 Å². The van der Waals surface area contributed by atoms with Crippen molar-refractivity contribution in [3.63, 3.8) is 0 Å². The Bertz CT molecular complexity index is 635. The topological polar surface area (TPSA) is 58.0 Å². The van der Waals surface area contributed by atoms with Crippen molar-refractivity contribution >= 4 is 27.4 Å². The summed E-state index contributed by atoms with van der Waals surface area (Å²) in [4.78, 5) is 11.1. The van der Waals surface area contributed by atoms with Crippen LogP contribution >= 0.6 is 11.3 Å². The predicted molar refractivity (Wildman–Crippen MR) is 78.7 cm³/mol. The van der Waals surface area contributed by atoms with E-state index in [0.29, 0.717) is 0 Å². The fraction of sp³-hybridized carbons (Fsp3) is 0.571. The van der Waals surface area contributed by atoms with Gasteiger partial charge in [0.15, 0.2) is 0 Å². The van der Waals surface area contributed by atoms with Crippen LogP contribution in [0.2, 0.25) is 0 Å². The summed E-state index contributed by atoms with van der Waals surface area (Å²) in [5.74, 6) is 0.900. The largest absolute Gasteiger partial charge is 0.392 e. The normalized spacial score (nSPS) is 25.3. The highest BCUT2D eigenvalue weighted by Crippen LogP contribution is 2.43. The van der Waals surface area contributed by atoms with Crippen molar-refractivity contribution in [2.45, 2.75) is 46.3 Å². The van der Waals surface area contributed by atoms with Crippen LogP contribution in [0.1, 0.15) is 30.7 Å². The van der Waals surface area contributed by atoms with Gasteiger partial charge >= 0.3 is 0 Å². The third-order valence-corrected chi connectivity index (χ3v) is 5.61. The van der Waals surface area contributed by atoms with E-state index in [0.717, 1.165) is 22.5 Å². The molecule has 0 amide bonds. The van der Waals surface area contributed by atoms with E-state index >= 15 is 0 Å². The number of hydrogen-bond donors (Lipinski definition) is 2. The first kappa shape index (κ1) is 12.8. The van der Waals surface area contributed by atoms with Crippen LogP contribution in [0.5, 0.6) is 0 Å². The third-order valence-electron chi connectivity index (χ3n) is 4.49. The Balaban J connectivity index is 1.98. The number of aromatic nitrogens is 2. The molecule has 0 spiro atoms. The summed E-state index contributed by atoms with van der Waals surface area (Å²) in [5, 5.41) is 14.4. The molecule has 0 aliphatic heterocycles. The van der Waals surface area contributed by atoms with Gasteiger partial charge in [-0.15, -0.1) is 11.3 Å². The fourth-order valence-corrected chi connectivity index (χ4v) is 3.60. The second-order valence-electron chi connectivity index (χ2n) is 5.96. The van der Waals surface area contributed by atoms with E-state index in [1.165, 1.54) is 10.4 Å². The number of nitrogens with one attached hydrogen (secondary N) is 1. The molecule has 5 heteroatoms. The summed E-state index contributed by atoms with van der Waals surface area (Å²) in [6, 6.07) is 0.264. The van der Waals surface area contributed by atoms with Crippen molar-refractivity contribution in [3.8, 4) is 0 Å². The Morgan fingerprint density at radius 1 is 1.37 bits per heavy atom. The lowest BCUT2D eigenvalue weighted by Crippen LogP contribution is -2.57. The maximum atomic E-state index is 9.83. The monoisotopic (exact) mass is 277 g/mol. The standard InChI is InChI=1S/C14H19N3OS/c1-7-8(2)19-13-11(7)12(15-6-16-13)17-9-5-10(18)14(9,3)4/h6,9-10,18H,5H2,1-4H3,(H,15,16,17). The molecule has 2 N–H and O–H groups in total. The lowest BCUT2D eigenvalue weighted by molar-refractivity contribution is -0.0511. The molecular weight excluding hydrogens is 258 g/mol. The number of aryl methyl sites for hydroxylation is 2. The van der Waals surface area contributed by atoms with E-state index in [1.807, 2.05) is 0 Å². The molecule has 2 atom stereocenters. The Labute approximate surface area is 116 Å². The van der Waals surface area contributed by atoms with Crippen LogP contribution in [-0.2, 0) is 0 Å². The molecule has 2 heterocycles. The van der Waals surface area contributed by atoms with E-state index in [9.17, 15) is 5.11 Å². The van der Waals surface area contributed by atoms with Crippen LogP contribution in [0.25, 0.3) is 10.2 Å². The molecule has 3 rings (SSSR count). The number of aliphatic hydroxyl groups is 1. The smallest absolute Gasteiger partial charge is 0.138 e. The average Bonchev–Trinajstić information content (AvgIpc) is 2.66. The first-order valence-electron chi connectivity index (χ1n) is 6.56. The van der Waals surface area contributed by atoms with E-state index in [1.54, 1.807) is 17.7 Å². The molecular formula is C14H19N3OS. The summed E-state index contributed by atoms with van der Waals surface area (Å²) in [5.41, 5.74) is 1.15. The molecule has 0 saturated heterocycles. The SMILES string of the molecule is Cc1sc2ncnc(NC3CC(O)C3(C)C)c2c1C. The van der Waals surface area contributed by atoms with Gasteiger partial charge in [0.2, 0.25) is 0 Å². The van der Waals surface area contributed by atoms with Gasteiger partial charge in [-0.1, -0.05) is 13.8 Å². The maximum Gasteiger partial charge on any atom is 0.138 e. The Morgan fingerprint density at radius 2 is 2.11 bits per heavy atom. The van der Waals surface area contributed by atoms with Gasteiger partial charge in [-0.05, 0) is 25.8 Å². The molecule has 2 aromatic heterocycles. The minimum absolute atomic E-state index is 0.101. The first-order chi connectivity index (χ1) is 8.91.